The maximum atomic E-state index is 12.6. The number of rotatable bonds is 3. The van der Waals surface area contributed by atoms with Crippen LogP contribution >= 0.6 is 27.5 Å². The van der Waals surface area contributed by atoms with Gasteiger partial charge in [0.15, 0.2) is 0 Å². The standard InChI is InChI=1S/C14H10BrClF3NO/c15-12-6-10(16)4-8(13(12)21)7-20-11-3-1-2-9(5-11)14(17,18)19/h1-6,20-21H,7H2. The number of nitrogens with one attached hydrogen (secondary N) is 1. The summed E-state index contributed by atoms with van der Waals surface area (Å²) < 4.78 is 38.3. The van der Waals surface area contributed by atoms with Crippen molar-refractivity contribution in [3.8, 4) is 5.75 Å². The van der Waals surface area contributed by atoms with Crippen LogP contribution in [0.25, 0.3) is 0 Å². The van der Waals surface area contributed by atoms with Crippen LogP contribution in [0, 0.1) is 0 Å². The Morgan fingerprint density at radius 3 is 2.57 bits per heavy atom. The molecule has 0 heterocycles. The summed E-state index contributed by atoms with van der Waals surface area (Å²) in [7, 11) is 0. The minimum absolute atomic E-state index is 0.00104. The van der Waals surface area contributed by atoms with Crippen molar-refractivity contribution in [2.75, 3.05) is 5.32 Å². The van der Waals surface area contributed by atoms with Gasteiger partial charge in [0.05, 0.1) is 10.0 Å². The summed E-state index contributed by atoms with van der Waals surface area (Å²) in [5.41, 5.74) is 0.0520. The van der Waals surface area contributed by atoms with Gasteiger partial charge in [-0.1, -0.05) is 17.7 Å². The SMILES string of the molecule is Oc1c(Br)cc(Cl)cc1CNc1cccc(C(F)(F)F)c1. The first-order chi connectivity index (χ1) is 9.77. The van der Waals surface area contributed by atoms with E-state index in [0.29, 0.717) is 20.7 Å². The summed E-state index contributed by atoms with van der Waals surface area (Å²) in [6, 6.07) is 7.92. The van der Waals surface area contributed by atoms with E-state index in [1.54, 1.807) is 6.07 Å². The first-order valence-electron chi connectivity index (χ1n) is 5.85. The van der Waals surface area contributed by atoms with Gasteiger partial charge >= 0.3 is 6.18 Å². The van der Waals surface area contributed by atoms with Gasteiger partial charge in [0, 0.05) is 22.8 Å². The zero-order valence-electron chi connectivity index (χ0n) is 10.5. The molecule has 0 fully saturated rings. The quantitative estimate of drug-likeness (QED) is 0.743. The van der Waals surface area contributed by atoms with Gasteiger partial charge in [-0.2, -0.15) is 13.2 Å². The summed E-state index contributed by atoms with van der Waals surface area (Å²) in [5, 5.41) is 13.1. The fourth-order valence-corrected chi connectivity index (χ4v) is 2.63. The van der Waals surface area contributed by atoms with Crippen LogP contribution in [0.15, 0.2) is 40.9 Å². The van der Waals surface area contributed by atoms with Crippen LogP contribution < -0.4 is 5.32 Å². The molecule has 0 aliphatic carbocycles. The minimum Gasteiger partial charge on any atom is -0.506 e. The third-order valence-electron chi connectivity index (χ3n) is 2.78. The zero-order valence-corrected chi connectivity index (χ0v) is 12.9. The number of anilines is 1. The van der Waals surface area contributed by atoms with Crippen LogP contribution in [-0.2, 0) is 12.7 Å². The average molecular weight is 381 g/mol. The van der Waals surface area contributed by atoms with Gasteiger partial charge in [-0.25, -0.2) is 0 Å². The Hall–Kier alpha value is -1.40. The van der Waals surface area contributed by atoms with Gasteiger partial charge < -0.3 is 10.4 Å². The predicted molar refractivity (Wildman–Crippen MR) is 79.6 cm³/mol. The molecule has 0 spiro atoms. The Kier molecular flexibility index (Phi) is 4.68. The number of halogens is 5. The molecule has 0 aliphatic rings. The Morgan fingerprint density at radius 1 is 1.19 bits per heavy atom. The second-order valence-electron chi connectivity index (χ2n) is 4.33. The number of alkyl halides is 3. The Balaban J connectivity index is 2.17. The average Bonchev–Trinajstić information content (AvgIpc) is 2.40. The van der Waals surface area contributed by atoms with Crippen LogP contribution in [0.1, 0.15) is 11.1 Å². The number of benzene rings is 2. The molecule has 0 amide bonds. The fraction of sp³-hybridized carbons (Fsp3) is 0.143. The second-order valence-corrected chi connectivity index (χ2v) is 5.62. The Morgan fingerprint density at radius 2 is 1.90 bits per heavy atom. The van der Waals surface area contributed by atoms with Crippen LogP contribution in [-0.4, -0.2) is 5.11 Å². The number of phenolic OH excluding ortho intramolecular Hbond substituents is 1. The molecule has 0 atom stereocenters. The number of phenols is 1. The van der Waals surface area contributed by atoms with Crippen molar-refractivity contribution in [1.82, 2.24) is 0 Å². The largest absolute Gasteiger partial charge is 0.506 e. The molecular weight excluding hydrogens is 371 g/mol. The molecule has 0 aliphatic heterocycles. The highest BCUT2D eigenvalue weighted by Crippen LogP contribution is 2.33. The third-order valence-corrected chi connectivity index (χ3v) is 3.60. The van der Waals surface area contributed by atoms with E-state index in [0.717, 1.165) is 12.1 Å². The van der Waals surface area contributed by atoms with Crippen molar-refractivity contribution in [3.63, 3.8) is 0 Å². The first-order valence-corrected chi connectivity index (χ1v) is 7.02. The molecule has 0 aromatic heterocycles. The molecule has 0 radical (unpaired) electrons. The minimum atomic E-state index is -4.39. The van der Waals surface area contributed by atoms with Gasteiger partial charge in [-0.05, 0) is 46.3 Å². The smallest absolute Gasteiger partial charge is 0.416 e. The molecular formula is C14H10BrClF3NO. The highest BCUT2D eigenvalue weighted by molar-refractivity contribution is 9.10. The Labute approximate surface area is 132 Å². The molecule has 2 aromatic carbocycles. The van der Waals surface area contributed by atoms with Crippen LogP contribution in [0.3, 0.4) is 0 Å². The van der Waals surface area contributed by atoms with Crippen molar-refractivity contribution >= 4 is 33.2 Å². The monoisotopic (exact) mass is 379 g/mol. The summed E-state index contributed by atoms with van der Waals surface area (Å²) in [6.07, 6.45) is -4.39. The van der Waals surface area contributed by atoms with E-state index in [1.807, 2.05) is 0 Å². The molecule has 2 nitrogen and oxygen atoms in total. The second kappa shape index (κ2) is 6.15. The van der Waals surface area contributed by atoms with Crippen molar-refractivity contribution in [3.05, 3.63) is 57.0 Å². The van der Waals surface area contributed by atoms with Crippen LogP contribution in [0.2, 0.25) is 5.02 Å². The summed E-state index contributed by atoms with van der Waals surface area (Å²) in [5.74, 6) is -0.00104. The lowest BCUT2D eigenvalue weighted by atomic mass is 10.1. The molecule has 0 unspecified atom stereocenters. The maximum absolute atomic E-state index is 12.6. The highest BCUT2D eigenvalue weighted by atomic mass is 79.9. The van der Waals surface area contributed by atoms with Gasteiger partial charge in [0.1, 0.15) is 5.75 Å². The maximum Gasteiger partial charge on any atom is 0.416 e. The van der Waals surface area contributed by atoms with Crippen molar-refractivity contribution in [2.45, 2.75) is 12.7 Å². The molecule has 112 valence electrons. The van der Waals surface area contributed by atoms with E-state index in [2.05, 4.69) is 21.2 Å². The van der Waals surface area contributed by atoms with E-state index in [-0.39, 0.29) is 12.3 Å². The number of aromatic hydroxyl groups is 1. The van der Waals surface area contributed by atoms with E-state index in [4.69, 9.17) is 11.6 Å². The normalized spacial score (nSPS) is 11.5. The number of hydrogen-bond donors (Lipinski definition) is 2. The van der Waals surface area contributed by atoms with E-state index in [9.17, 15) is 18.3 Å². The molecule has 2 N–H and O–H groups in total. The lowest BCUT2D eigenvalue weighted by Gasteiger charge is -2.12. The molecule has 0 saturated heterocycles. The Bertz CT molecular complexity index is 661. The summed E-state index contributed by atoms with van der Waals surface area (Å²) >= 11 is 9.02. The van der Waals surface area contributed by atoms with E-state index >= 15 is 0 Å². The molecule has 2 aromatic rings. The molecule has 0 saturated carbocycles. The van der Waals surface area contributed by atoms with Crippen molar-refractivity contribution < 1.29 is 18.3 Å². The molecule has 7 heteroatoms. The molecule has 0 bridgehead atoms. The van der Waals surface area contributed by atoms with Gasteiger partial charge in [0.2, 0.25) is 0 Å². The third kappa shape index (κ3) is 4.04. The van der Waals surface area contributed by atoms with E-state index < -0.39 is 11.7 Å². The zero-order chi connectivity index (χ0) is 15.6. The van der Waals surface area contributed by atoms with Gasteiger partial charge in [-0.15, -0.1) is 0 Å². The van der Waals surface area contributed by atoms with E-state index in [1.165, 1.54) is 18.2 Å². The van der Waals surface area contributed by atoms with Crippen LogP contribution in [0.4, 0.5) is 18.9 Å². The summed E-state index contributed by atoms with van der Waals surface area (Å²) in [4.78, 5) is 0. The van der Waals surface area contributed by atoms with Crippen molar-refractivity contribution in [1.29, 1.82) is 0 Å². The highest BCUT2D eigenvalue weighted by Gasteiger charge is 2.30. The van der Waals surface area contributed by atoms with Crippen molar-refractivity contribution in [2.24, 2.45) is 0 Å². The summed E-state index contributed by atoms with van der Waals surface area (Å²) in [6.45, 7) is 0.145. The fourth-order valence-electron chi connectivity index (χ4n) is 1.76. The topological polar surface area (TPSA) is 32.3 Å². The first kappa shape index (κ1) is 16.0. The lowest BCUT2D eigenvalue weighted by Crippen LogP contribution is -2.06. The predicted octanol–water partition coefficient (Wildman–Crippen LogP) is 5.44. The van der Waals surface area contributed by atoms with Gasteiger partial charge in [0.25, 0.3) is 0 Å². The molecule has 2 rings (SSSR count). The number of hydrogen-bond acceptors (Lipinski definition) is 2. The lowest BCUT2D eigenvalue weighted by molar-refractivity contribution is -0.137. The van der Waals surface area contributed by atoms with Crippen LogP contribution in [0.5, 0.6) is 5.75 Å². The molecule has 21 heavy (non-hydrogen) atoms. The van der Waals surface area contributed by atoms with Gasteiger partial charge in [-0.3, -0.25) is 0 Å².